The van der Waals surface area contributed by atoms with E-state index in [1.165, 1.54) is 11.1 Å². The first-order valence-electron chi connectivity index (χ1n) is 3.89. The van der Waals surface area contributed by atoms with E-state index in [-0.39, 0.29) is 0 Å². The van der Waals surface area contributed by atoms with Crippen molar-refractivity contribution in [3.8, 4) is 0 Å². The van der Waals surface area contributed by atoms with Gasteiger partial charge < -0.3 is 0 Å². The number of fused-ring (bicyclic) bond motifs is 1. The first kappa shape index (κ1) is 6.41. The van der Waals surface area contributed by atoms with Gasteiger partial charge in [0, 0.05) is 0 Å². The van der Waals surface area contributed by atoms with Crippen molar-refractivity contribution in [2.75, 3.05) is 0 Å². The monoisotopic (exact) mass is 142 g/mol. The van der Waals surface area contributed by atoms with Crippen LogP contribution in [-0.2, 0) is 0 Å². The summed E-state index contributed by atoms with van der Waals surface area (Å²) in [5.41, 5.74) is 2.70. The van der Waals surface area contributed by atoms with E-state index < -0.39 is 0 Å². The summed E-state index contributed by atoms with van der Waals surface area (Å²) in [6.45, 7) is 0. The van der Waals surface area contributed by atoms with Crippen molar-refractivity contribution in [1.82, 2.24) is 0 Å². The fourth-order valence-corrected chi connectivity index (χ4v) is 1.32. The lowest BCUT2D eigenvalue weighted by Gasteiger charge is -1.97. The van der Waals surface area contributed by atoms with Crippen LogP contribution in [0.25, 0.3) is 0 Å². The van der Waals surface area contributed by atoms with Gasteiger partial charge in [-0.15, -0.1) is 0 Å². The Kier molecular flexibility index (Phi) is 1.60. The third kappa shape index (κ3) is 1.25. The van der Waals surface area contributed by atoms with Crippen LogP contribution in [0, 0.1) is 0 Å². The quantitative estimate of drug-likeness (QED) is 0.488. The molecule has 0 bridgehead atoms. The molecule has 0 aromatic carbocycles. The van der Waals surface area contributed by atoms with Crippen molar-refractivity contribution in [2.24, 2.45) is 0 Å². The summed E-state index contributed by atoms with van der Waals surface area (Å²) in [6.07, 6.45) is 18.1. The second kappa shape index (κ2) is 2.75. The van der Waals surface area contributed by atoms with Crippen molar-refractivity contribution < 1.29 is 0 Å². The summed E-state index contributed by atoms with van der Waals surface area (Å²) in [7, 11) is 0. The molecule has 0 spiro atoms. The van der Waals surface area contributed by atoms with Gasteiger partial charge in [0.2, 0.25) is 0 Å². The predicted molar refractivity (Wildman–Crippen MR) is 48.2 cm³/mol. The Morgan fingerprint density at radius 3 is 1.82 bits per heavy atom. The molecule has 54 valence electrons. The summed E-state index contributed by atoms with van der Waals surface area (Å²) >= 11 is 0. The Labute approximate surface area is 66.9 Å². The minimum Gasteiger partial charge on any atom is -0.0729 e. The summed E-state index contributed by atoms with van der Waals surface area (Å²) in [5.74, 6) is 0. The maximum absolute atomic E-state index is 2.25. The van der Waals surface area contributed by atoms with Crippen LogP contribution in [0.15, 0.2) is 59.8 Å². The van der Waals surface area contributed by atoms with E-state index >= 15 is 0 Å². The maximum Gasteiger partial charge on any atom is -0.0151 e. The zero-order chi connectivity index (χ0) is 7.52. The third-order valence-electron chi connectivity index (χ3n) is 1.89. The summed E-state index contributed by atoms with van der Waals surface area (Å²) in [6, 6.07) is 0. The van der Waals surface area contributed by atoms with Gasteiger partial charge in [0.15, 0.2) is 0 Å². The molecule has 0 radical (unpaired) electrons. The molecule has 0 unspecified atom stereocenters. The van der Waals surface area contributed by atoms with Crippen molar-refractivity contribution in [1.29, 1.82) is 0 Å². The van der Waals surface area contributed by atoms with E-state index in [0.29, 0.717) is 0 Å². The molecular weight excluding hydrogens is 132 g/mol. The SMILES string of the molecule is C1=C2\C=C/C=C\C=C/C2=CC1. The Hall–Kier alpha value is -1.30. The maximum atomic E-state index is 2.25. The van der Waals surface area contributed by atoms with Gasteiger partial charge >= 0.3 is 0 Å². The minimum absolute atomic E-state index is 1.08. The van der Waals surface area contributed by atoms with Gasteiger partial charge in [0.05, 0.1) is 0 Å². The third-order valence-corrected chi connectivity index (χ3v) is 1.89. The molecule has 0 aliphatic heterocycles. The first-order chi connectivity index (χ1) is 5.47. The highest BCUT2D eigenvalue weighted by molar-refractivity contribution is 5.52. The lowest BCUT2D eigenvalue weighted by molar-refractivity contribution is 1.44. The average Bonchev–Trinajstić information content (AvgIpc) is 2.35. The molecule has 0 amide bonds. The van der Waals surface area contributed by atoms with Crippen LogP contribution in [0.3, 0.4) is 0 Å². The molecule has 11 heavy (non-hydrogen) atoms. The van der Waals surface area contributed by atoms with Gasteiger partial charge in [-0.1, -0.05) is 48.6 Å². The van der Waals surface area contributed by atoms with Gasteiger partial charge in [-0.3, -0.25) is 0 Å². The molecule has 2 aliphatic rings. The molecular formula is C11H10. The highest BCUT2D eigenvalue weighted by Crippen LogP contribution is 2.22. The number of hydrogen-bond acceptors (Lipinski definition) is 0. The fourth-order valence-electron chi connectivity index (χ4n) is 1.32. The highest BCUT2D eigenvalue weighted by atomic mass is 14.1. The van der Waals surface area contributed by atoms with Crippen LogP contribution in [0.5, 0.6) is 0 Å². The van der Waals surface area contributed by atoms with Gasteiger partial charge in [-0.2, -0.15) is 0 Å². The molecule has 2 rings (SSSR count). The summed E-state index contributed by atoms with van der Waals surface area (Å²) in [4.78, 5) is 0. The lowest BCUT2D eigenvalue weighted by Crippen LogP contribution is -1.78. The van der Waals surface area contributed by atoms with Gasteiger partial charge in [-0.25, -0.2) is 0 Å². The van der Waals surface area contributed by atoms with Crippen LogP contribution < -0.4 is 0 Å². The Morgan fingerprint density at radius 1 is 0.727 bits per heavy atom. The summed E-state index contributed by atoms with van der Waals surface area (Å²) < 4.78 is 0. The molecule has 0 saturated carbocycles. The normalized spacial score (nSPS) is 29.1. The molecule has 0 N–H and O–H groups in total. The van der Waals surface area contributed by atoms with Crippen LogP contribution in [0.4, 0.5) is 0 Å². The molecule has 0 saturated heterocycles. The molecule has 2 aliphatic carbocycles. The fraction of sp³-hybridized carbons (Fsp3) is 0.0909. The minimum atomic E-state index is 1.08. The second-order valence-electron chi connectivity index (χ2n) is 2.66. The van der Waals surface area contributed by atoms with E-state index in [9.17, 15) is 0 Å². The van der Waals surface area contributed by atoms with Crippen molar-refractivity contribution >= 4 is 0 Å². The zero-order valence-electron chi connectivity index (χ0n) is 6.33. The number of rotatable bonds is 0. The summed E-state index contributed by atoms with van der Waals surface area (Å²) in [5, 5.41) is 0. The molecule has 0 nitrogen and oxygen atoms in total. The first-order valence-corrected chi connectivity index (χ1v) is 3.89. The molecule has 0 heterocycles. The number of hydrogen-bond donors (Lipinski definition) is 0. The van der Waals surface area contributed by atoms with Crippen LogP contribution in [-0.4, -0.2) is 0 Å². The molecule has 0 aromatic rings. The van der Waals surface area contributed by atoms with E-state index in [1.807, 2.05) is 12.2 Å². The van der Waals surface area contributed by atoms with E-state index in [1.54, 1.807) is 0 Å². The van der Waals surface area contributed by atoms with Crippen molar-refractivity contribution in [3.63, 3.8) is 0 Å². The zero-order valence-corrected chi connectivity index (χ0v) is 6.33. The highest BCUT2D eigenvalue weighted by Gasteiger charge is 2.02. The van der Waals surface area contributed by atoms with Crippen LogP contribution in [0.1, 0.15) is 6.42 Å². The molecule has 0 fully saturated rings. The molecule has 0 aromatic heterocycles. The lowest BCUT2D eigenvalue weighted by atomic mass is 10.1. The van der Waals surface area contributed by atoms with Gasteiger partial charge in [0.25, 0.3) is 0 Å². The van der Waals surface area contributed by atoms with Crippen LogP contribution in [0.2, 0.25) is 0 Å². The Balaban J connectivity index is 2.41. The Bertz CT molecular complexity index is 266. The van der Waals surface area contributed by atoms with Gasteiger partial charge in [0.1, 0.15) is 0 Å². The van der Waals surface area contributed by atoms with Gasteiger partial charge in [-0.05, 0) is 17.6 Å². The predicted octanol–water partition coefficient (Wildman–Crippen LogP) is 2.93. The smallest absolute Gasteiger partial charge is 0.0151 e. The van der Waals surface area contributed by atoms with E-state index in [2.05, 4.69) is 36.5 Å². The second-order valence-corrected chi connectivity index (χ2v) is 2.66. The standard InChI is InChI=1S/C11H10/c1-2-4-7-11-9-5-8-10(11)6-3-1/h1-4,6-9H,5H2/b2-1-,6-3-,7-4-. The Morgan fingerprint density at radius 2 is 1.27 bits per heavy atom. The van der Waals surface area contributed by atoms with Crippen LogP contribution >= 0.6 is 0 Å². The average molecular weight is 142 g/mol. The molecule has 0 atom stereocenters. The largest absolute Gasteiger partial charge is 0.0729 e. The van der Waals surface area contributed by atoms with E-state index in [4.69, 9.17) is 0 Å². The van der Waals surface area contributed by atoms with Crippen molar-refractivity contribution in [2.45, 2.75) is 6.42 Å². The topological polar surface area (TPSA) is 0 Å². The van der Waals surface area contributed by atoms with Crippen molar-refractivity contribution in [3.05, 3.63) is 59.8 Å². The van der Waals surface area contributed by atoms with E-state index in [0.717, 1.165) is 6.42 Å². The molecule has 0 heteroatoms. The number of allylic oxidation sites excluding steroid dienone is 10.